The van der Waals surface area contributed by atoms with Gasteiger partial charge >= 0.3 is 0 Å². The molecule has 29 heavy (non-hydrogen) atoms. The van der Waals surface area contributed by atoms with Crippen molar-refractivity contribution in [1.29, 1.82) is 0 Å². The number of ether oxygens (including phenoxy) is 3. The first-order valence-corrected chi connectivity index (χ1v) is 10.7. The Balaban J connectivity index is 2.41. The zero-order chi connectivity index (χ0) is 21.8. The highest BCUT2D eigenvalue weighted by atomic mass is 35.5. The van der Waals surface area contributed by atoms with Gasteiger partial charge in [0.1, 0.15) is 23.3 Å². The van der Waals surface area contributed by atoms with Crippen LogP contribution in [0.15, 0.2) is 36.4 Å². The van der Waals surface area contributed by atoms with E-state index in [1.54, 1.807) is 24.3 Å². The van der Waals surface area contributed by atoms with Crippen LogP contribution >= 0.6 is 11.6 Å². The summed E-state index contributed by atoms with van der Waals surface area (Å²) >= 11 is 6.08. The van der Waals surface area contributed by atoms with Gasteiger partial charge in [-0.05, 0) is 37.3 Å². The Labute approximate surface area is 175 Å². The number of hydrogen-bond acceptors (Lipinski definition) is 6. The van der Waals surface area contributed by atoms with Crippen LogP contribution in [0.25, 0.3) is 0 Å². The van der Waals surface area contributed by atoms with E-state index in [2.05, 4.69) is 5.32 Å². The molecule has 2 aromatic rings. The van der Waals surface area contributed by atoms with Crippen LogP contribution in [0.4, 0.5) is 11.4 Å². The largest absolute Gasteiger partial charge is 0.497 e. The van der Waals surface area contributed by atoms with E-state index in [0.29, 0.717) is 22.2 Å². The van der Waals surface area contributed by atoms with E-state index in [1.807, 2.05) is 0 Å². The Kier molecular flexibility index (Phi) is 7.21. The molecule has 10 heteroatoms. The molecule has 1 atom stereocenters. The molecule has 0 aliphatic rings. The molecule has 2 rings (SSSR count). The molecule has 0 aliphatic heterocycles. The van der Waals surface area contributed by atoms with Gasteiger partial charge < -0.3 is 19.5 Å². The number of amides is 1. The Morgan fingerprint density at radius 3 is 2.17 bits per heavy atom. The van der Waals surface area contributed by atoms with Crippen LogP contribution in [-0.4, -0.2) is 48.0 Å². The molecule has 1 amide bonds. The maximum absolute atomic E-state index is 12.8. The van der Waals surface area contributed by atoms with Crippen molar-refractivity contribution in [2.24, 2.45) is 0 Å². The molecule has 1 unspecified atom stereocenters. The maximum atomic E-state index is 12.8. The molecular weight excluding hydrogens is 420 g/mol. The van der Waals surface area contributed by atoms with Gasteiger partial charge in [0.05, 0.1) is 38.3 Å². The first-order chi connectivity index (χ1) is 13.6. The molecule has 0 saturated carbocycles. The van der Waals surface area contributed by atoms with Gasteiger partial charge in [-0.3, -0.25) is 9.10 Å². The lowest BCUT2D eigenvalue weighted by atomic mass is 10.2. The number of sulfonamides is 1. The fourth-order valence-electron chi connectivity index (χ4n) is 2.74. The standard InChI is InChI=1S/C19H23ClN2O6S/c1-12(19(23)21-13-6-8-17(27-3)15(20)10-13)22(29(5,24)25)16-11-14(26-2)7-9-18(16)28-4/h6-12H,1-5H3,(H,21,23). The minimum atomic E-state index is -3.84. The van der Waals surface area contributed by atoms with E-state index in [-0.39, 0.29) is 11.4 Å². The second kappa shape index (κ2) is 9.23. The summed E-state index contributed by atoms with van der Waals surface area (Å²) in [6.45, 7) is 1.47. The van der Waals surface area contributed by atoms with Gasteiger partial charge in [0, 0.05) is 11.8 Å². The van der Waals surface area contributed by atoms with E-state index < -0.39 is 22.0 Å². The van der Waals surface area contributed by atoms with Crippen molar-refractivity contribution in [3.8, 4) is 17.2 Å². The molecule has 0 aromatic heterocycles. The molecule has 8 nitrogen and oxygen atoms in total. The van der Waals surface area contributed by atoms with E-state index >= 15 is 0 Å². The number of anilines is 2. The van der Waals surface area contributed by atoms with Crippen LogP contribution in [0, 0.1) is 0 Å². The predicted molar refractivity (Wildman–Crippen MR) is 113 cm³/mol. The van der Waals surface area contributed by atoms with Crippen molar-refractivity contribution in [2.75, 3.05) is 37.2 Å². The van der Waals surface area contributed by atoms with Gasteiger partial charge in [-0.25, -0.2) is 8.42 Å². The minimum absolute atomic E-state index is 0.185. The van der Waals surface area contributed by atoms with Gasteiger partial charge in [-0.15, -0.1) is 0 Å². The highest BCUT2D eigenvalue weighted by Crippen LogP contribution is 2.35. The van der Waals surface area contributed by atoms with Crippen LogP contribution in [0.2, 0.25) is 5.02 Å². The molecule has 0 heterocycles. The fourth-order valence-corrected chi connectivity index (χ4v) is 4.17. The summed E-state index contributed by atoms with van der Waals surface area (Å²) in [5, 5.41) is 2.98. The van der Waals surface area contributed by atoms with E-state index in [9.17, 15) is 13.2 Å². The Bertz CT molecular complexity index is 996. The fraction of sp³-hybridized carbons (Fsp3) is 0.316. The van der Waals surface area contributed by atoms with Crippen molar-refractivity contribution >= 4 is 38.9 Å². The second-order valence-electron chi connectivity index (χ2n) is 6.11. The highest BCUT2D eigenvalue weighted by Gasteiger charge is 2.31. The van der Waals surface area contributed by atoms with Crippen LogP contribution in [0.5, 0.6) is 17.2 Å². The minimum Gasteiger partial charge on any atom is -0.497 e. The second-order valence-corrected chi connectivity index (χ2v) is 8.38. The summed E-state index contributed by atoms with van der Waals surface area (Å²) < 4.78 is 41.6. The predicted octanol–water partition coefficient (Wildman–Crippen LogP) is 3.16. The maximum Gasteiger partial charge on any atom is 0.247 e. The average molecular weight is 443 g/mol. The van der Waals surface area contributed by atoms with Gasteiger partial charge in [0.2, 0.25) is 15.9 Å². The van der Waals surface area contributed by atoms with E-state index in [1.165, 1.54) is 40.4 Å². The molecule has 0 bridgehead atoms. The zero-order valence-electron chi connectivity index (χ0n) is 16.7. The summed E-state index contributed by atoms with van der Waals surface area (Å²) in [4.78, 5) is 12.8. The van der Waals surface area contributed by atoms with Gasteiger partial charge in [0.25, 0.3) is 0 Å². The Hall–Kier alpha value is -2.65. The third-order valence-electron chi connectivity index (χ3n) is 4.13. The first-order valence-electron chi connectivity index (χ1n) is 8.48. The number of rotatable bonds is 8. The summed E-state index contributed by atoms with van der Waals surface area (Å²) in [6.07, 6.45) is 1.01. The SMILES string of the molecule is COc1ccc(OC)c(N(C(C)C(=O)Nc2ccc(OC)c(Cl)c2)S(C)(=O)=O)c1. The molecule has 0 aliphatic carbocycles. The normalized spacial score (nSPS) is 12.1. The number of carbonyl (C=O) groups is 1. The smallest absolute Gasteiger partial charge is 0.247 e. The monoisotopic (exact) mass is 442 g/mol. The van der Waals surface area contributed by atoms with Crippen LogP contribution in [0.1, 0.15) is 6.92 Å². The molecule has 0 saturated heterocycles. The number of carbonyl (C=O) groups excluding carboxylic acids is 1. The lowest BCUT2D eigenvalue weighted by Gasteiger charge is -2.29. The molecule has 1 N–H and O–H groups in total. The number of hydrogen-bond donors (Lipinski definition) is 1. The molecule has 0 radical (unpaired) electrons. The molecule has 0 fully saturated rings. The number of nitrogens with zero attached hydrogens (tertiary/aromatic N) is 1. The van der Waals surface area contributed by atoms with Crippen molar-refractivity contribution < 1.29 is 27.4 Å². The van der Waals surface area contributed by atoms with Gasteiger partial charge in [0.15, 0.2) is 0 Å². The van der Waals surface area contributed by atoms with Crippen molar-refractivity contribution in [3.63, 3.8) is 0 Å². The lowest BCUT2D eigenvalue weighted by Crippen LogP contribution is -2.45. The van der Waals surface area contributed by atoms with Gasteiger partial charge in [-0.2, -0.15) is 0 Å². The molecular formula is C19H23ClN2O6S. The first kappa shape index (κ1) is 22.6. The van der Waals surface area contributed by atoms with Crippen LogP contribution in [-0.2, 0) is 14.8 Å². The summed E-state index contributed by atoms with van der Waals surface area (Å²) in [6, 6.07) is 8.32. The van der Waals surface area contributed by atoms with Crippen LogP contribution in [0.3, 0.4) is 0 Å². The number of methoxy groups -OCH3 is 3. The van der Waals surface area contributed by atoms with E-state index in [4.69, 9.17) is 25.8 Å². The Morgan fingerprint density at radius 1 is 1.03 bits per heavy atom. The Morgan fingerprint density at radius 2 is 1.66 bits per heavy atom. The van der Waals surface area contributed by atoms with Gasteiger partial charge in [-0.1, -0.05) is 11.6 Å². The van der Waals surface area contributed by atoms with Crippen molar-refractivity contribution in [1.82, 2.24) is 0 Å². The zero-order valence-corrected chi connectivity index (χ0v) is 18.3. The number of nitrogens with one attached hydrogen (secondary N) is 1. The highest BCUT2D eigenvalue weighted by molar-refractivity contribution is 7.92. The quantitative estimate of drug-likeness (QED) is 0.674. The van der Waals surface area contributed by atoms with Crippen molar-refractivity contribution in [3.05, 3.63) is 41.4 Å². The molecule has 2 aromatic carbocycles. The number of benzene rings is 2. The van der Waals surface area contributed by atoms with Crippen molar-refractivity contribution in [2.45, 2.75) is 13.0 Å². The summed E-state index contributed by atoms with van der Waals surface area (Å²) in [7, 11) is 0.510. The van der Waals surface area contributed by atoms with Crippen LogP contribution < -0.4 is 23.8 Å². The topological polar surface area (TPSA) is 94.2 Å². The molecule has 158 valence electrons. The lowest BCUT2D eigenvalue weighted by molar-refractivity contribution is -0.116. The summed E-state index contributed by atoms with van der Waals surface area (Å²) in [5.74, 6) is 0.602. The molecule has 0 spiro atoms. The third-order valence-corrected chi connectivity index (χ3v) is 5.65. The summed E-state index contributed by atoms with van der Waals surface area (Å²) in [5.41, 5.74) is 0.587. The average Bonchev–Trinajstić information content (AvgIpc) is 2.67. The third kappa shape index (κ3) is 5.24. The number of halogens is 1. The van der Waals surface area contributed by atoms with E-state index in [0.717, 1.165) is 10.6 Å².